The summed E-state index contributed by atoms with van der Waals surface area (Å²) in [6.45, 7) is 4.98. The van der Waals surface area contributed by atoms with Gasteiger partial charge in [-0.2, -0.15) is 0 Å². The fourth-order valence-corrected chi connectivity index (χ4v) is 3.21. The summed E-state index contributed by atoms with van der Waals surface area (Å²) in [5.74, 6) is 0.793. The minimum absolute atomic E-state index is 0.00493. The first-order valence-corrected chi connectivity index (χ1v) is 9.02. The summed E-state index contributed by atoms with van der Waals surface area (Å²) in [6.07, 6.45) is 5.10. The van der Waals surface area contributed by atoms with Gasteiger partial charge in [0.15, 0.2) is 0 Å². The number of hydrogen-bond donors (Lipinski definition) is 0. The summed E-state index contributed by atoms with van der Waals surface area (Å²) in [4.78, 5) is 12.5. The number of benzene rings is 1. The van der Waals surface area contributed by atoms with Crippen LogP contribution in [0.25, 0.3) is 0 Å². The van der Waals surface area contributed by atoms with E-state index in [1.165, 1.54) is 0 Å². The minimum atomic E-state index is -0.00773. The highest BCUT2D eigenvalue weighted by molar-refractivity contribution is 7.99. The first-order valence-electron chi connectivity index (χ1n) is 7.66. The standard InChI is InChI=1S/C17H25ClO2S/c1-3-5-11-20-17(14(12-19)6-4-2)13-21-16-9-7-15(18)8-10-16/h7-10,12,14,17H,3-6,11,13H2,1-2H3. The van der Waals surface area contributed by atoms with Crippen molar-refractivity contribution in [1.29, 1.82) is 0 Å². The van der Waals surface area contributed by atoms with Crippen LogP contribution in [0.1, 0.15) is 39.5 Å². The summed E-state index contributed by atoms with van der Waals surface area (Å²) in [6, 6.07) is 7.79. The molecule has 0 aliphatic carbocycles. The summed E-state index contributed by atoms with van der Waals surface area (Å²) in [5, 5.41) is 0.742. The number of halogens is 1. The van der Waals surface area contributed by atoms with E-state index in [2.05, 4.69) is 13.8 Å². The Labute approximate surface area is 137 Å². The highest BCUT2D eigenvalue weighted by Gasteiger charge is 2.21. The van der Waals surface area contributed by atoms with Crippen LogP contribution in [0, 0.1) is 5.92 Å². The average molecular weight is 329 g/mol. The summed E-state index contributed by atoms with van der Waals surface area (Å²) in [5.41, 5.74) is 0. The van der Waals surface area contributed by atoms with E-state index in [1.54, 1.807) is 11.8 Å². The predicted molar refractivity (Wildman–Crippen MR) is 91.3 cm³/mol. The van der Waals surface area contributed by atoms with Gasteiger partial charge in [-0.1, -0.05) is 38.3 Å². The van der Waals surface area contributed by atoms with Gasteiger partial charge in [-0.25, -0.2) is 0 Å². The van der Waals surface area contributed by atoms with Crippen LogP contribution < -0.4 is 0 Å². The van der Waals surface area contributed by atoms with E-state index in [0.29, 0.717) is 0 Å². The Morgan fingerprint density at radius 2 is 1.95 bits per heavy atom. The fourth-order valence-electron chi connectivity index (χ4n) is 2.06. The van der Waals surface area contributed by atoms with Crippen molar-refractivity contribution in [3.63, 3.8) is 0 Å². The second kappa shape index (κ2) is 11.1. The molecule has 0 saturated carbocycles. The molecule has 2 nitrogen and oxygen atoms in total. The molecule has 0 heterocycles. The van der Waals surface area contributed by atoms with Crippen molar-refractivity contribution in [2.45, 2.75) is 50.5 Å². The number of hydrogen-bond acceptors (Lipinski definition) is 3. The van der Waals surface area contributed by atoms with Gasteiger partial charge in [-0.3, -0.25) is 0 Å². The third-order valence-electron chi connectivity index (χ3n) is 3.33. The van der Waals surface area contributed by atoms with Crippen molar-refractivity contribution >= 4 is 29.6 Å². The smallest absolute Gasteiger partial charge is 0.125 e. The lowest BCUT2D eigenvalue weighted by molar-refractivity contribution is -0.115. The molecule has 1 aromatic carbocycles. The Bertz CT molecular complexity index is 394. The van der Waals surface area contributed by atoms with Crippen molar-refractivity contribution < 1.29 is 9.53 Å². The molecule has 0 saturated heterocycles. The Hall–Kier alpha value is -0.510. The van der Waals surface area contributed by atoms with Crippen molar-refractivity contribution in [3.8, 4) is 0 Å². The third kappa shape index (κ3) is 7.35. The first-order chi connectivity index (χ1) is 10.2. The highest BCUT2D eigenvalue weighted by atomic mass is 35.5. The normalized spacial score (nSPS) is 13.9. The molecular weight excluding hydrogens is 304 g/mol. The van der Waals surface area contributed by atoms with Crippen LogP contribution in [0.5, 0.6) is 0 Å². The van der Waals surface area contributed by atoms with E-state index in [-0.39, 0.29) is 12.0 Å². The molecule has 0 aliphatic heterocycles. The maximum atomic E-state index is 11.3. The van der Waals surface area contributed by atoms with Crippen LogP contribution in [0.2, 0.25) is 5.02 Å². The van der Waals surface area contributed by atoms with Gasteiger partial charge in [0.05, 0.1) is 6.10 Å². The summed E-state index contributed by atoms with van der Waals surface area (Å²) in [7, 11) is 0. The van der Waals surface area contributed by atoms with E-state index >= 15 is 0 Å². The largest absolute Gasteiger partial charge is 0.377 e. The molecule has 21 heavy (non-hydrogen) atoms. The number of thioether (sulfide) groups is 1. The van der Waals surface area contributed by atoms with Gasteiger partial charge < -0.3 is 9.53 Å². The van der Waals surface area contributed by atoms with Crippen molar-refractivity contribution in [2.75, 3.05) is 12.4 Å². The number of rotatable bonds is 11. The van der Waals surface area contributed by atoms with E-state index in [4.69, 9.17) is 16.3 Å². The van der Waals surface area contributed by atoms with Crippen LogP contribution in [0.3, 0.4) is 0 Å². The number of carbonyl (C=O) groups is 1. The summed E-state index contributed by atoms with van der Waals surface area (Å²) >= 11 is 7.62. The quantitative estimate of drug-likeness (QED) is 0.316. The van der Waals surface area contributed by atoms with Crippen LogP contribution in [0.15, 0.2) is 29.2 Å². The van der Waals surface area contributed by atoms with Crippen LogP contribution in [-0.2, 0) is 9.53 Å². The predicted octanol–water partition coefficient (Wildman–Crippen LogP) is 5.23. The molecule has 2 unspecified atom stereocenters. The SMILES string of the molecule is CCCCOC(CSc1ccc(Cl)cc1)C(C=O)CCC. The minimum Gasteiger partial charge on any atom is -0.377 e. The number of unbranched alkanes of at least 4 members (excludes halogenated alkanes) is 1. The second-order valence-corrected chi connectivity index (χ2v) is 6.65. The van der Waals surface area contributed by atoms with E-state index in [0.717, 1.165) is 54.2 Å². The lowest BCUT2D eigenvalue weighted by atomic mass is 10.00. The van der Waals surface area contributed by atoms with Gasteiger partial charge >= 0.3 is 0 Å². The Morgan fingerprint density at radius 1 is 1.24 bits per heavy atom. The topological polar surface area (TPSA) is 26.3 Å². The zero-order chi connectivity index (χ0) is 15.5. The first kappa shape index (κ1) is 18.5. The zero-order valence-corrected chi connectivity index (χ0v) is 14.5. The third-order valence-corrected chi connectivity index (χ3v) is 4.68. The van der Waals surface area contributed by atoms with Crippen LogP contribution in [-0.4, -0.2) is 24.7 Å². The van der Waals surface area contributed by atoms with Crippen LogP contribution in [0.4, 0.5) is 0 Å². The molecule has 0 amide bonds. The molecule has 0 radical (unpaired) electrons. The lowest BCUT2D eigenvalue weighted by Crippen LogP contribution is -2.28. The van der Waals surface area contributed by atoms with Gasteiger partial charge in [0.2, 0.25) is 0 Å². The molecule has 1 rings (SSSR count). The molecule has 0 aliphatic rings. The molecule has 2 atom stereocenters. The molecule has 0 fully saturated rings. The van der Waals surface area contributed by atoms with Crippen molar-refractivity contribution in [1.82, 2.24) is 0 Å². The Balaban J connectivity index is 2.57. The molecule has 118 valence electrons. The van der Waals surface area contributed by atoms with Crippen LogP contribution >= 0.6 is 23.4 Å². The average Bonchev–Trinajstić information content (AvgIpc) is 2.50. The van der Waals surface area contributed by atoms with Gasteiger partial charge in [0.25, 0.3) is 0 Å². The Morgan fingerprint density at radius 3 is 2.52 bits per heavy atom. The summed E-state index contributed by atoms with van der Waals surface area (Å²) < 4.78 is 5.96. The molecule has 0 spiro atoms. The monoisotopic (exact) mass is 328 g/mol. The van der Waals surface area contributed by atoms with Crippen molar-refractivity contribution in [2.24, 2.45) is 5.92 Å². The molecular formula is C17H25ClO2S. The molecule has 4 heteroatoms. The molecule has 0 N–H and O–H groups in total. The van der Waals surface area contributed by atoms with Gasteiger partial charge in [-0.05, 0) is 37.1 Å². The second-order valence-electron chi connectivity index (χ2n) is 5.12. The van der Waals surface area contributed by atoms with Gasteiger partial charge in [-0.15, -0.1) is 11.8 Å². The lowest BCUT2D eigenvalue weighted by Gasteiger charge is -2.23. The van der Waals surface area contributed by atoms with E-state index < -0.39 is 0 Å². The van der Waals surface area contributed by atoms with Gasteiger partial charge in [0, 0.05) is 28.2 Å². The van der Waals surface area contributed by atoms with E-state index in [1.807, 2.05) is 24.3 Å². The van der Waals surface area contributed by atoms with E-state index in [9.17, 15) is 4.79 Å². The Kier molecular flexibility index (Phi) is 9.81. The maximum absolute atomic E-state index is 11.3. The molecule has 0 bridgehead atoms. The number of ether oxygens (including phenoxy) is 1. The maximum Gasteiger partial charge on any atom is 0.125 e. The molecule has 0 aromatic heterocycles. The fraction of sp³-hybridized carbons (Fsp3) is 0.588. The number of aldehydes is 1. The molecule has 1 aromatic rings. The number of carbonyl (C=O) groups excluding carboxylic acids is 1. The highest BCUT2D eigenvalue weighted by Crippen LogP contribution is 2.25. The van der Waals surface area contributed by atoms with Crippen molar-refractivity contribution in [3.05, 3.63) is 29.3 Å². The van der Waals surface area contributed by atoms with Gasteiger partial charge in [0.1, 0.15) is 6.29 Å². The zero-order valence-electron chi connectivity index (χ0n) is 12.9.